The van der Waals surface area contributed by atoms with Crippen molar-refractivity contribution in [3.05, 3.63) is 30.1 Å². The van der Waals surface area contributed by atoms with Gasteiger partial charge in [-0.3, -0.25) is 4.98 Å². The quantitative estimate of drug-likeness (QED) is 0.702. The number of hydrogen-bond acceptors (Lipinski definition) is 3. The van der Waals surface area contributed by atoms with E-state index in [4.69, 9.17) is 5.73 Å². The van der Waals surface area contributed by atoms with E-state index >= 15 is 0 Å². The highest BCUT2D eigenvalue weighted by Gasteiger charge is 1.97. The molecule has 0 amide bonds. The van der Waals surface area contributed by atoms with Crippen LogP contribution in [0.15, 0.2) is 24.5 Å². The van der Waals surface area contributed by atoms with Gasteiger partial charge in [-0.05, 0) is 30.6 Å². The topological polar surface area (TPSA) is 50.9 Å². The van der Waals surface area contributed by atoms with Crippen molar-refractivity contribution in [3.8, 4) is 0 Å². The second-order valence-corrected chi connectivity index (χ2v) is 3.33. The van der Waals surface area contributed by atoms with Crippen molar-refractivity contribution in [2.45, 2.75) is 13.5 Å². The average Bonchev–Trinajstić information content (AvgIpc) is 2.19. The van der Waals surface area contributed by atoms with Gasteiger partial charge in [0.05, 0.1) is 0 Å². The predicted molar refractivity (Wildman–Crippen MR) is 54.2 cm³/mol. The van der Waals surface area contributed by atoms with Crippen molar-refractivity contribution >= 4 is 0 Å². The number of pyridine rings is 1. The number of nitrogens with two attached hydrogens (primary N) is 1. The van der Waals surface area contributed by atoms with Crippen molar-refractivity contribution in [1.82, 2.24) is 10.3 Å². The Balaban J connectivity index is 2.20. The predicted octanol–water partition coefficient (Wildman–Crippen LogP) is 0.766. The van der Waals surface area contributed by atoms with E-state index in [1.165, 1.54) is 5.56 Å². The van der Waals surface area contributed by atoms with Crippen LogP contribution in [0.3, 0.4) is 0 Å². The minimum atomic E-state index is 0.539. The van der Waals surface area contributed by atoms with E-state index in [0.29, 0.717) is 5.92 Å². The second-order valence-electron chi connectivity index (χ2n) is 3.33. The molecular formula is C10H17N3. The minimum Gasteiger partial charge on any atom is -0.330 e. The molecule has 1 rings (SSSR count). The first kappa shape index (κ1) is 10.2. The van der Waals surface area contributed by atoms with Gasteiger partial charge in [-0.25, -0.2) is 0 Å². The Morgan fingerprint density at radius 2 is 2.46 bits per heavy atom. The summed E-state index contributed by atoms with van der Waals surface area (Å²) in [5, 5.41) is 3.33. The van der Waals surface area contributed by atoms with E-state index < -0.39 is 0 Å². The molecule has 0 saturated heterocycles. The van der Waals surface area contributed by atoms with Crippen LogP contribution in [0.4, 0.5) is 0 Å². The molecule has 0 aliphatic rings. The largest absolute Gasteiger partial charge is 0.330 e. The third-order valence-corrected chi connectivity index (χ3v) is 1.95. The van der Waals surface area contributed by atoms with Crippen LogP contribution in [-0.4, -0.2) is 18.1 Å². The Morgan fingerprint density at radius 3 is 3.08 bits per heavy atom. The molecule has 0 saturated carbocycles. The molecule has 3 nitrogen and oxygen atoms in total. The zero-order valence-corrected chi connectivity index (χ0v) is 8.03. The van der Waals surface area contributed by atoms with E-state index in [-0.39, 0.29) is 0 Å². The summed E-state index contributed by atoms with van der Waals surface area (Å²) >= 11 is 0. The molecule has 1 aromatic heterocycles. The van der Waals surface area contributed by atoms with Crippen LogP contribution in [0.5, 0.6) is 0 Å². The maximum absolute atomic E-state index is 5.50. The van der Waals surface area contributed by atoms with Crippen LogP contribution in [0.1, 0.15) is 12.5 Å². The van der Waals surface area contributed by atoms with Gasteiger partial charge in [0.1, 0.15) is 0 Å². The summed E-state index contributed by atoms with van der Waals surface area (Å²) < 4.78 is 0. The van der Waals surface area contributed by atoms with Gasteiger partial charge in [-0.1, -0.05) is 13.0 Å². The Bertz CT molecular complexity index is 223. The number of hydrogen-bond donors (Lipinski definition) is 2. The SMILES string of the molecule is CC(CN)CNCc1cccnc1. The molecule has 1 unspecified atom stereocenters. The van der Waals surface area contributed by atoms with Crippen molar-refractivity contribution in [1.29, 1.82) is 0 Å². The normalized spacial score (nSPS) is 12.8. The Hall–Kier alpha value is -0.930. The van der Waals surface area contributed by atoms with Gasteiger partial charge in [0.25, 0.3) is 0 Å². The Labute approximate surface area is 79.4 Å². The van der Waals surface area contributed by atoms with Gasteiger partial charge in [0.15, 0.2) is 0 Å². The monoisotopic (exact) mass is 179 g/mol. The highest BCUT2D eigenvalue weighted by atomic mass is 14.9. The maximum Gasteiger partial charge on any atom is 0.0312 e. The van der Waals surface area contributed by atoms with Crippen LogP contribution in [0.2, 0.25) is 0 Å². The molecule has 0 aromatic carbocycles. The first-order chi connectivity index (χ1) is 6.33. The summed E-state index contributed by atoms with van der Waals surface area (Å²) in [6.45, 7) is 4.71. The molecule has 0 aliphatic carbocycles. The van der Waals surface area contributed by atoms with E-state index in [1.807, 2.05) is 12.3 Å². The fourth-order valence-corrected chi connectivity index (χ4v) is 1.05. The number of nitrogens with zero attached hydrogens (tertiary/aromatic N) is 1. The third-order valence-electron chi connectivity index (χ3n) is 1.95. The summed E-state index contributed by atoms with van der Waals surface area (Å²) in [7, 11) is 0. The Kier molecular flexibility index (Phi) is 4.43. The lowest BCUT2D eigenvalue weighted by molar-refractivity contribution is 0.522. The number of rotatable bonds is 5. The molecule has 0 aliphatic heterocycles. The highest BCUT2D eigenvalue weighted by molar-refractivity contribution is 5.07. The molecule has 72 valence electrons. The lowest BCUT2D eigenvalue weighted by atomic mass is 10.2. The van der Waals surface area contributed by atoms with Crippen molar-refractivity contribution in [2.75, 3.05) is 13.1 Å². The number of aromatic nitrogens is 1. The van der Waals surface area contributed by atoms with Gasteiger partial charge in [-0.2, -0.15) is 0 Å². The molecule has 0 bridgehead atoms. The van der Waals surface area contributed by atoms with Crippen molar-refractivity contribution in [3.63, 3.8) is 0 Å². The summed E-state index contributed by atoms with van der Waals surface area (Å²) in [5.41, 5.74) is 6.71. The first-order valence-electron chi connectivity index (χ1n) is 4.62. The lowest BCUT2D eigenvalue weighted by Crippen LogP contribution is -2.25. The van der Waals surface area contributed by atoms with Crippen LogP contribution in [0, 0.1) is 5.92 Å². The third kappa shape index (κ3) is 4.01. The minimum absolute atomic E-state index is 0.539. The fraction of sp³-hybridized carbons (Fsp3) is 0.500. The van der Waals surface area contributed by atoms with E-state index in [9.17, 15) is 0 Å². The van der Waals surface area contributed by atoms with Crippen LogP contribution >= 0.6 is 0 Å². The Morgan fingerprint density at radius 1 is 1.62 bits per heavy atom. The molecule has 1 aromatic rings. The van der Waals surface area contributed by atoms with Gasteiger partial charge in [0, 0.05) is 18.9 Å². The van der Waals surface area contributed by atoms with Crippen LogP contribution < -0.4 is 11.1 Å². The molecular weight excluding hydrogens is 162 g/mol. The fourth-order valence-electron chi connectivity index (χ4n) is 1.05. The summed E-state index contributed by atoms with van der Waals surface area (Å²) in [4.78, 5) is 4.04. The highest BCUT2D eigenvalue weighted by Crippen LogP contribution is 1.95. The molecule has 1 heterocycles. The zero-order valence-electron chi connectivity index (χ0n) is 8.03. The average molecular weight is 179 g/mol. The molecule has 0 radical (unpaired) electrons. The maximum atomic E-state index is 5.50. The van der Waals surface area contributed by atoms with Crippen molar-refractivity contribution < 1.29 is 0 Å². The molecule has 3 N–H and O–H groups in total. The number of nitrogens with one attached hydrogen (secondary N) is 1. The standard InChI is InChI=1S/C10H17N3/c1-9(5-11)6-13-8-10-3-2-4-12-7-10/h2-4,7,9,13H,5-6,8,11H2,1H3. The summed E-state index contributed by atoms with van der Waals surface area (Å²) in [5.74, 6) is 0.539. The van der Waals surface area contributed by atoms with Crippen LogP contribution in [0.25, 0.3) is 0 Å². The summed E-state index contributed by atoms with van der Waals surface area (Å²) in [6, 6.07) is 4.01. The van der Waals surface area contributed by atoms with Gasteiger partial charge < -0.3 is 11.1 Å². The first-order valence-corrected chi connectivity index (χ1v) is 4.62. The van der Waals surface area contributed by atoms with Gasteiger partial charge >= 0.3 is 0 Å². The van der Waals surface area contributed by atoms with E-state index in [2.05, 4.69) is 23.3 Å². The van der Waals surface area contributed by atoms with Gasteiger partial charge in [0.2, 0.25) is 0 Å². The van der Waals surface area contributed by atoms with Gasteiger partial charge in [-0.15, -0.1) is 0 Å². The molecule has 1 atom stereocenters. The summed E-state index contributed by atoms with van der Waals surface area (Å²) in [6.07, 6.45) is 3.66. The zero-order chi connectivity index (χ0) is 9.52. The molecule has 3 heteroatoms. The second kappa shape index (κ2) is 5.67. The van der Waals surface area contributed by atoms with Crippen molar-refractivity contribution in [2.24, 2.45) is 11.7 Å². The molecule has 13 heavy (non-hydrogen) atoms. The smallest absolute Gasteiger partial charge is 0.0312 e. The molecule has 0 spiro atoms. The van der Waals surface area contributed by atoms with E-state index in [0.717, 1.165) is 19.6 Å². The van der Waals surface area contributed by atoms with E-state index in [1.54, 1.807) is 6.20 Å². The van der Waals surface area contributed by atoms with Crippen LogP contribution in [-0.2, 0) is 6.54 Å². The lowest BCUT2D eigenvalue weighted by Gasteiger charge is -2.09. The molecule has 0 fully saturated rings.